The fourth-order valence-corrected chi connectivity index (χ4v) is 2.94. The van der Waals surface area contributed by atoms with Crippen molar-refractivity contribution < 1.29 is 9.59 Å². The van der Waals surface area contributed by atoms with Crippen LogP contribution in [0.5, 0.6) is 0 Å². The number of hydrogen-bond donors (Lipinski definition) is 1. The van der Waals surface area contributed by atoms with E-state index in [1.165, 1.54) is 0 Å². The van der Waals surface area contributed by atoms with Gasteiger partial charge in [-0.15, -0.1) is 0 Å². The molecule has 5 nitrogen and oxygen atoms in total. The van der Waals surface area contributed by atoms with E-state index in [2.05, 4.69) is 15.9 Å². The number of halogens is 1. The Morgan fingerprint density at radius 2 is 2.19 bits per heavy atom. The number of hydrogen-bond acceptors (Lipinski definition) is 3. The molecule has 2 rings (SSSR count). The summed E-state index contributed by atoms with van der Waals surface area (Å²) in [6, 6.07) is 7.52. The predicted octanol–water partition coefficient (Wildman–Crippen LogP) is 1.61. The lowest BCUT2D eigenvalue weighted by atomic mass is 10.1. The summed E-state index contributed by atoms with van der Waals surface area (Å²) in [6.07, 6.45) is 0.252. The molecule has 2 N–H and O–H groups in total. The first-order valence-corrected chi connectivity index (χ1v) is 7.76. The Kier molecular flexibility index (Phi) is 5.00. The molecule has 1 aromatic rings. The average Bonchev–Trinajstić information content (AvgIpc) is 2.87. The van der Waals surface area contributed by atoms with Crippen LogP contribution in [-0.2, 0) is 9.59 Å². The van der Waals surface area contributed by atoms with Crippen molar-refractivity contribution in [3.8, 4) is 0 Å². The predicted molar refractivity (Wildman–Crippen MR) is 85.9 cm³/mol. The van der Waals surface area contributed by atoms with Crippen molar-refractivity contribution in [3.63, 3.8) is 0 Å². The summed E-state index contributed by atoms with van der Waals surface area (Å²) in [4.78, 5) is 28.0. The molecule has 0 bridgehead atoms. The number of benzene rings is 1. The van der Waals surface area contributed by atoms with E-state index in [1.807, 2.05) is 31.2 Å². The summed E-state index contributed by atoms with van der Waals surface area (Å²) in [5.41, 5.74) is 6.41. The molecule has 2 atom stereocenters. The van der Waals surface area contributed by atoms with Gasteiger partial charge in [0, 0.05) is 37.1 Å². The van der Waals surface area contributed by atoms with Gasteiger partial charge in [0.25, 0.3) is 0 Å². The molecule has 0 spiro atoms. The molecule has 1 aromatic carbocycles. The minimum atomic E-state index is -0.302. The molecule has 1 saturated heterocycles. The second-order valence-corrected chi connectivity index (χ2v) is 6.25. The second kappa shape index (κ2) is 6.58. The molecule has 2 amide bonds. The average molecular weight is 354 g/mol. The van der Waals surface area contributed by atoms with Crippen LogP contribution in [0.3, 0.4) is 0 Å². The second-order valence-electron chi connectivity index (χ2n) is 5.39. The maximum atomic E-state index is 12.4. The Labute approximate surface area is 133 Å². The number of carbonyl (C=O) groups is 2. The molecule has 2 unspecified atom stereocenters. The van der Waals surface area contributed by atoms with Gasteiger partial charge in [0.2, 0.25) is 11.8 Å². The molecule has 0 saturated carbocycles. The highest BCUT2D eigenvalue weighted by Gasteiger charge is 2.37. The van der Waals surface area contributed by atoms with Gasteiger partial charge in [-0.2, -0.15) is 0 Å². The molecule has 1 fully saturated rings. The van der Waals surface area contributed by atoms with Crippen LogP contribution in [-0.4, -0.2) is 42.9 Å². The van der Waals surface area contributed by atoms with E-state index in [1.54, 1.807) is 16.8 Å². The molecule has 1 aliphatic heterocycles. The Balaban J connectivity index is 2.13. The summed E-state index contributed by atoms with van der Waals surface area (Å²) >= 11 is 3.45. The third kappa shape index (κ3) is 3.27. The van der Waals surface area contributed by atoms with Gasteiger partial charge in [-0.1, -0.05) is 12.1 Å². The lowest BCUT2D eigenvalue weighted by Crippen LogP contribution is -2.43. The van der Waals surface area contributed by atoms with Crippen LogP contribution < -0.4 is 10.6 Å². The number of likely N-dealkylation sites (N-methyl/N-ethyl adjacent to an activating group) is 1. The molecule has 21 heavy (non-hydrogen) atoms. The van der Waals surface area contributed by atoms with Crippen LogP contribution in [0.4, 0.5) is 5.69 Å². The van der Waals surface area contributed by atoms with Crippen LogP contribution >= 0.6 is 15.9 Å². The summed E-state index contributed by atoms with van der Waals surface area (Å²) in [5, 5.41) is 0. The summed E-state index contributed by atoms with van der Waals surface area (Å²) in [5.74, 6) is -0.339. The van der Waals surface area contributed by atoms with E-state index in [0.29, 0.717) is 13.1 Å². The van der Waals surface area contributed by atoms with E-state index < -0.39 is 0 Å². The molecular weight excluding hydrogens is 334 g/mol. The van der Waals surface area contributed by atoms with Crippen molar-refractivity contribution in [1.82, 2.24) is 4.90 Å². The minimum Gasteiger partial charge on any atom is -0.341 e. The van der Waals surface area contributed by atoms with Gasteiger partial charge in [0.1, 0.15) is 0 Å². The summed E-state index contributed by atoms with van der Waals surface area (Å²) < 4.78 is 0.857. The van der Waals surface area contributed by atoms with Crippen LogP contribution in [0.2, 0.25) is 0 Å². The first-order chi connectivity index (χ1) is 9.95. The standard InChI is InChI=1S/C15H20BrN3O2/c1-10(8-17)18(2)15(21)11-7-14(20)19(9-11)13-6-4-3-5-12(13)16/h3-6,10-11H,7-9,17H2,1-2H3. The zero-order valence-electron chi connectivity index (χ0n) is 12.3. The van der Waals surface area contributed by atoms with Gasteiger partial charge < -0.3 is 15.5 Å². The minimum absolute atomic E-state index is 0.0177. The van der Waals surface area contributed by atoms with E-state index >= 15 is 0 Å². The molecule has 114 valence electrons. The van der Waals surface area contributed by atoms with Crippen LogP contribution in [0.25, 0.3) is 0 Å². The van der Waals surface area contributed by atoms with Crippen LogP contribution in [0.1, 0.15) is 13.3 Å². The van der Waals surface area contributed by atoms with Crippen molar-refractivity contribution in [3.05, 3.63) is 28.7 Å². The number of carbonyl (C=O) groups excluding carboxylic acids is 2. The fraction of sp³-hybridized carbons (Fsp3) is 0.467. The quantitative estimate of drug-likeness (QED) is 0.893. The van der Waals surface area contributed by atoms with Crippen molar-refractivity contribution in [1.29, 1.82) is 0 Å². The highest BCUT2D eigenvalue weighted by atomic mass is 79.9. The Hall–Kier alpha value is -1.40. The smallest absolute Gasteiger partial charge is 0.228 e. The number of anilines is 1. The van der Waals surface area contributed by atoms with Gasteiger partial charge in [-0.25, -0.2) is 0 Å². The SMILES string of the molecule is CC(CN)N(C)C(=O)C1CC(=O)N(c2ccccc2Br)C1. The zero-order chi connectivity index (χ0) is 15.6. The molecule has 6 heteroatoms. The third-order valence-corrected chi connectivity index (χ3v) is 4.64. The number of nitrogens with two attached hydrogens (primary N) is 1. The van der Waals surface area contributed by atoms with E-state index in [-0.39, 0.29) is 30.2 Å². The van der Waals surface area contributed by atoms with Crippen molar-refractivity contribution >= 4 is 33.4 Å². The van der Waals surface area contributed by atoms with E-state index in [4.69, 9.17) is 5.73 Å². The summed E-state index contributed by atoms with van der Waals surface area (Å²) in [6.45, 7) is 2.74. The highest BCUT2D eigenvalue weighted by Crippen LogP contribution is 2.31. The molecule has 0 aliphatic carbocycles. The largest absolute Gasteiger partial charge is 0.341 e. The number of nitrogens with zero attached hydrogens (tertiary/aromatic N) is 2. The van der Waals surface area contributed by atoms with Gasteiger partial charge in [0.15, 0.2) is 0 Å². The lowest BCUT2D eigenvalue weighted by molar-refractivity contribution is -0.136. The van der Waals surface area contributed by atoms with E-state index in [9.17, 15) is 9.59 Å². The number of rotatable bonds is 4. The third-order valence-electron chi connectivity index (χ3n) is 3.97. The molecule has 0 aromatic heterocycles. The molecule has 1 aliphatic rings. The van der Waals surface area contributed by atoms with Gasteiger partial charge >= 0.3 is 0 Å². The van der Waals surface area contributed by atoms with Gasteiger partial charge in [-0.05, 0) is 35.0 Å². The topological polar surface area (TPSA) is 66.6 Å². The fourth-order valence-electron chi connectivity index (χ4n) is 2.44. The summed E-state index contributed by atoms with van der Waals surface area (Å²) in [7, 11) is 1.74. The number of para-hydroxylation sites is 1. The van der Waals surface area contributed by atoms with Crippen LogP contribution in [0.15, 0.2) is 28.7 Å². The maximum Gasteiger partial charge on any atom is 0.228 e. The lowest BCUT2D eigenvalue weighted by Gasteiger charge is -2.26. The first kappa shape index (κ1) is 16.0. The normalized spacial score (nSPS) is 19.7. The molecule has 1 heterocycles. The first-order valence-electron chi connectivity index (χ1n) is 6.97. The highest BCUT2D eigenvalue weighted by molar-refractivity contribution is 9.10. The van der Waals surface area contributed by atoms with Crippen molar-refractivity contribution in [2.24, 2.45) is 11.7 Å². The zero-order valence-corrected chi connectivity index (χ0v) is 13.8. The van der Waals surface area contributed by atoms with Crippen molar-refractivity contribution in [2.75, 3.05) is 25.0 Å². The molecular formula is C15H20BrN3O2. The van der Waals surface area contributed by atoms with Crippen molar-refractivity contribution in [2.45, 2.75) is 19.4 Å². The Bertz CT molecular complexity index is 549. The Morgan fingerprint density at radius 3 is 2.81 bits per heavy atom. The maximum absolute atomic E-state index is 12.4. The monoisotopic (exact) mass is 353 g/mol. The van der Waals surface area contributed by atoms with Gasteiger partial charge in [-0.3, -0.25) is 9.59 Å². The Morgan fingerprint density at radius 1 is 1.52 bits per heavy atom. The van der Waals surface area contributed by atoms with E-state index in [0.717, 1.165) is 10.2 Å². The van der Waals surface area contributed by atoms with Gasteiger partial charge in [0.05, 0.1) is 11.6 Å². The van der Waals surface area contributed by atoms with Crippen LogP contribution in [0, 0.1) is 5.92 Å². The molecule has 0 radical (unpaired) electrons. The number of amides is 2.